The third-order valence-corrected chi connectivity index (χ3v) is 5.12. The third kappa shape index (κ3) is 3.80. The van der Waals surface area contributed by atoms with Gasteiger partial charge in [0.15, 0.2) is 5.65 Å². The van der Waals surface area contributed by atoms with E-state index in [1.54, 1.807) is 23.6 Å². The zero-order valence-electron chi connectivity index (χ0n) is 15.6. The highest BCUT2D eigenvalue weighted by Gasteiger charge is 2.30. The van der Waals surface area contributed by atoms with Crippen LogP contribution in [0.2, 0.25) is 0 Å². The van der Waals surface area contributed by atoms with E-state index in [4.69, 9.17) is 0 Å². The molecule has 1 amide bonds. The van der Waals surface area contributed by atoms with Gasteiger partial charge in [-0.3, -0.25) is 9.20 Å². The zero-order chi connectivity index (χ0) is 21.5. The van der Waals surface area contributed by atoms with Crippen molar-refractivity contribution in [3.63, 3.8) is 0 Å². The summed E-state index contributed by atoms with van der Waals surface area (Å²) >= 11 is 3.38. The molecule has 2 aromatic heterocycles. The van der Waals surface area contributed by atoms with Crippen LogP contribution in [0, 0.1) is 0 Å². The lowest BCUT2D eigenvalue weighted by Crippen LogP contribution is -2.27. The van der Waals surface area contributed by atoms with Gasteiger partial charge in [0.05, 0.1) is 23.7 Å². The van der Waals surface area contributed by atoms with Crippen molar-refractivity contribution in [1.82, 2.24) is 14.4 Å². The largest absolute Gasteiger partial charge is 0.416 e. The highest BCUT2D eigenvalue weighted by atomic mass is 79.9. The molecule has 2 aromatic carbocycles. The number of carbonyl (C=O) groups is 1. The molecule has 152 valence electrons. The fourth-order valence-corrected chi connectivity index (χ4v) is 3.40. The first-order chi connectivity index (χ1) is 14.2. The minimum Gasteiger partial charge on any atom is -0.310 e. The Morgan fingerprint density at radius 1 is 1.07 bits per heavy atom. The van der Waals surface area contributed by atoms with Gasteiger partial charge in [-0.25, -0.2) is 9.97 Å². The Morgan fingerprint density at radius 2 is 1.80 bits per heavy atom. The van der Waals surface area contributed by atoms with E-state index >= 15 is 0 Å². The number of carbonyl (C=O) groups excluding carboxylic acids is 1. The van der Waals surface area contributed by atoms with Crippen molar-refractivity contribution in [3.05, 3.63) is 82.9 Å². The maximum Gasteiger partial charge on any atom is 0.416 e. The summed E-state index contributed by atoms with van der Waals surface area (Å²) in [6.07, 6.45) is 0.117. The Labute approximate surface area is 177 Å². The average Bonchev–Trinajstić information content (AvgIpc) is 3.15. The molecule has 0 bridgehead atoms. The van der Waals surface area contributed by atoms with E-state index in [0.717, 1.165) is 16.6 Å². The van der Waals surface area contributed by atoms with E-state index in [9.17, 15) is 18.0 Å². The Bertz CT molecular complexity index is 1240. The average molecular weight is 475 g/mol. The molecule has 0 aliphatic carbocycles. The number of amides is 1. The molecule has 2 heterocycles. The molecule has 0 aliphatic rings. The van der Waals surface area contributed by atoms with Crippen LogP contribution in [-0.4, -0.2) is 27.3 Å². The predicted octanol–water partition coefficient (Wildman–Crippen LogP) is 5.45. The summed E-state index contributed by atoms with van der Waals surface area (Å²) in [6.45, 7) is 0. The second-order valence-corrected chi connectivity index (χ2v) is 7.48. The number of rotatable bonds is 3. The number of hydrogen-bond donors (Lipinski definition) is 0. The molecule has 0 N–H and O–H groups in total. The van der Waals surface area contributed by atoms with Crippen LogP contribution in [0.4, 0.5) is 18.9 Å². The van der Waals surface area contributed by atoms with Crippen LogP contribution in [-0.2, 0) is 6.18 Å². The Kier molecular flexibility index (Phi) is 5.07. The van der Waals surface area contributed by atoms with Crippen molar-refractivity contribution >= 4 is 33.2 Å². The SMILES string of the molecule is CN(C(=O)c1cn2c(-c3ccc(C(F)(F)F)cc3)cnc2cn1)c1cccc(Br)c1. The summed E-state index contributed by atoms with van der Waals surface area (Å²) in [4.78, 5) is 22.8. The number of alkyl halides is 3. The van der Waals surface area contributed by atoms with Gasteiger partial charge >= 0.3 is 6.18 Å². The number of imidazole rings is 1. The zero-order valence-corrected chi connectivity index (χ0v) is 17.1. The molecule has 4 aromatic rings. The fraction of sp³-hybridized carbons (Fsp3) is 0.0952. The molecule has 9 heteroatoms. The maximum atomic E-state index is 12.9. The quantitative estimate of drug-likeness (QED) is 0.396. The van der Waals surface area contributed by atoms with E-state index in [2.05, 4.69) is 25.9 Å². The number of hydrogen-bond acceptors (Lipinski definition) is 3. The molecule has 0 spiro atoms. The van der Waals surface area contributed by atoms with Crippen LogP contribution >= 0.6 is 15.9 Å². The lowest BCUT2D eigenvalue weighted by atomic mass is 10.1. The maximum absolute atomic E-state index is 12.9. The first-order valence-corrected chi connectivity index (χ1v) is 9.58. The number of anilines is 1. The Morgan fingerprint density at radius 3 is 2.47 bits per heavy atom. The lowest BCUT2D eigenvalue weighted by molar-refractivity contribution is -0.137. The highest BCUT2D eigenvalue weighted by Crippen LogP contribution is 2.31. The van der Waals surface area contributed by atoms with Crippen LogP contribution < -0.4 is 4.90 Å². The number of fused-ring (bicyclic) bond motifs is 1. The molecule has 0 fully saturated rings. The fourth-order valence-electron chi connectivity index (χ4n) is 3.02. The van der Waals surface area contributed by atoms with Gasteiger partial charge in [-0.15, -0.1) is 0 Å². The third-order valence-electron chi connectivity index (χ3n) is 4.62. The van der Waals surface area contributed by atoms with E-state index in [1.807, 2.05) is 12.1 Å². The molecular weight excluding hydrogens is 461 g/mol. The molecular formula is C21H14BrF3N4O. The van der Waals surface area contributed by atoms with E-state index in [-0.39, 0.29) is 11.6 Å². The van der Waals surface area contributed by atoms with Crippen LogP contribution in [0.1, 0.15) is 16.1 Å². The Hall–Kier alpha value is -3.20. The molecule has 0 saturated heterocycles. The molecule has 30 heavy (non-hydrogen) atoms. The molecule has 0 atom stereocenters. The monoisotopic (exact) mass is 474 g/mol. The summed E-state index contributed by atoms with van der Waals surface area (Å²) in [5.41, 5.74) is 1.71. The topological polar surface area (TPSA) is 50.5 Å². The Balaban J connectivity index is 1.70. The first kappa shape index (κ1) is 20.1. The molecule has 0 saturated carbocycles. The summed E-state index contributed by atoms with van der Waals surface area (Å²) < 4.78 is 41.0. The van der Waals surface area contributed by atoms with Gasteiger partial charge in [0.25, 0.3) is 5.91 Å². The van der Waals surface area contributed by atoms with Crippen LogP contribution in [0.3, 0.4) is 0 Å². The van der Waals surface area contributed by atoms with Gasteiger partial charge in [-0.1, -0.05) is 34.1 Å². The first-order valence-electron chi connectivity index (χ1n) is 8.78. The smallest absolute Gasteiger partial charge is 0.310 e. The summed E-state index contributed by atoms with van der Waals surface area (Å²) in [6, 6.07) is 12.1. The van der Waals surface area contributed by atoms with E-state index in [1.165, 1.54) is 35.6 Å². The number of nitrogens with zero attached hydrogens (tertiary/aromatic N) is 4. The summed E-state index contributed by atoms with van der Waals surface area (Å²) in [5.74, 6) is -0.331. The van der Waals surface area contributed by atoms with E-state index < -0.39 is 11.7 Å². The molecule has 5 nitrogen and oxygen atoms in total. The predicted molar refractivity (Wildman–Crippen MR) is 110 cm³/mol. The minimum atomic E-state index is -4.40. The molecule has 0 aliphatic heterocycles. The van der Waals surface area contributed by atoms with Gasteiger partial charge in [0, 0.05) is 29.0 Å². The van der Waals surface area contributed by atoms with Crippen molar-refractivity contribution in [2.24, 2.45) is 0 Å². The number of aromatic nitrogens is 3. The highest BCUT2D eigenvalue weighted by molar-refractivity contribution is 9.10. The van der Waals surface area contributed by atoms with E-state index in [0.29, 0.717) is 22.6 Å². The van der Waals surface area contributed by atoms with Crippen LogP contribution in [0.15, 0.2) is 71.6 Å². The van der Waals surface area contributed by atoms with Crippen molar-refractivity contribution in [1.29, 1.82) is 0 Å². The summed E-state index contributed by atoms with van der Waals surface area (Å²) in [7, 11) is 1.64. The molecule has 0 radical (unpaired) electrons. The molecule has 0 unspecified atom stereocenters. The van der Waals surface area contributed by atoms with Crippen molar-refractivity contribution in [3.8, 4) is 11.3 Å². The van der Waals surface area contributed by atoms with Crippen LogP contribution in [0.5, 0.6) is 0 Å². The lowest BCUT2D eigenvalue weighted by Gasteiger charge is -2.17. The van der Waals surface area contributed by atoms with Crippen molar-refractivity contribution in [2.45, 2.75) is 6.18 Å². The van der Waals surface area contributed by atoms with Crippen molar-refractivity contribution in [2.75, 3.05) is 11.9 Å². The number of benzene rings is 2. The van der Waals surface area contributed by atoms with Gasteiger partial charge in [0.2, 0.25) is 0 Å². The van der Waals surface area contributed by atoms with Gasteiger partial charge in [0.1, 0.15) is 5.69 Å². The molecule has 4 rings (SSSR count). The van der Waals surface area contributed by atoms with Crippen molar-refractivity contribution < 1.29 is 18.0 Å². The minimum absolute atomic E-state index is 0.177. The standard InChI is InChI=1S/C21H14BrF3N4O/c1-28(16-4-2-3-15(22)9-16)20(30)17-12-29-18(10-27-19(29)11-26-17)13-5-7-14(8-6-13)21(23,24)25/h2-12H,1H3. The van der Waals surface area contributed by atoms with Gasteiger partial charge < -0.3 is 4.90 Å². The summed E-state index contributed by atoms with van der Waals surface area (Å²) in [5, 5.41) is 0. The van der Waals surface area contributed by atoms with Crippen LogP contribution in [0.25, 0.3) is 16.9 Å². The van der Waals surface area contributed by atoms with Gasteiger partial charge in [-0.05, 0) is 30.3 Å². The van der Waals surface area contributed by atoms with Gasteiger partial charge in [-0.2, -0.15) is 13.2 Å². The second kappa shape index (κ2) is 7.56. The number of halogens is 4. The normalized spacial score (nSPS) is 11.6. The second-order valence-electron chi connectivity index (χ2n) is 6.56.